The zero-order valence-corrected chi connectivity index (χ0v) is 17.1. The molecule has 29 heavy (non-hydrogen) atoms. The van der Waals surface area contributed by atoms with Crippen LogP contribution in [0.4, 0.5) is 0 Å². The van der Waals surface area contributed by atoms with E-state index in [2.05, 4.69) is 0 Å². The van der Waals surface area contributed by atoms with E-state index in [1.54, 1.807) is 30.4 Å². The van der Waals surface area contributed by atoms with Gasteiger partial charge in [0.2, 0.25) is 0 Å². The van der Waals surface area contributed by atoms with Crippen LogP contribution in [0.5, 0.6) is 5.75 Å². The number of rotatable bonds is 3. The zero-order chi connectivity index (χ0) is 20.7. The molecule has 1 atom stereocenters. The number of carbonyl (C=O) groups is 2. The maximum Gasteiger partial charge on any atom is 0.270 e. The van der Waals surface area contributed by atoms with Gasteiger partial charge in [-0.05, 0) is 31.5 Å². The highest BCUT2D eigenvalue weighted by Gasteiger charge is 2.32. The van der Waals surface area contributed by atoms with Crippen LogP contribution in [-0.4, -0.2) is 59.0 Å². The first kappa shape index (κ1) is 19.1. The molecule has 0 saturated carbocycles. The molecule has 0 aliphatic carbocycles. The Balaban J connectivity index is 1.49. The van der Waals surface area contributed by atoms with Crippen LogP contribution in [-0.2, 0) is 7.05 Å². The molecule has 152 valence electrons. The highest BCUT2D eigenvalue weighted by molar-refractivity contribution is 5.98. The molecule has 2 aromatic heterocycles. The van der Waals surface area contributed by atoms with Gasteiger partial charge in [-0.25, -0.2) is 0 Å². The van der Waals surface area contributed by atoms with Gasteiger partial charge in [0, 0.05) is 50.4 Å². The molecule has 4 rings (SSSR count). The van der Waals surface area contributed by atoms with Gasteiger partial charge < -0.3 is 23.5 Å². The summed E-state index contributed by atoms with van der Waals surface area (Å²) in [5, 5.41) is 0. The summed E-state index contributed by atoms with van der Waals surface area (Å²) in [6.45, 7) is 5.38. The number of hydrogen-bond acceptors (Lipinski definition) is 4. The lowest BCUT2D eigenvalue weighted by atomic mass is 10.1. The number of amides is 2. The van der Waals surface area contributed by atoms with Gasteiger partial charge in [0.05, 0.1) is 18.9 Å². The zero-order valence-electron chi connectivity index (χ0n) is 17.1. The predicted molar refractivity (Wildman–Crippen MR) is 109 cm³/mol. The largest absolute Gasteiger partial charge is 0.496 e. The van der Waals surface area contributed by atoms with E-state index in [1.165, 1.54) is 0 Å². The van der Waals surface area contributed by atoms with Crippen molar-refractivity contribution in [3.63, 3.8) is 0 Å². The van der Waals surface area contributed by atoms with Gasteiger partial charge in [-0.3, -0.25) is 9.59 Å². The third kappa shape index (κ3) is 3.26. The smallest absolute Gasteiger partial charge is 0.270 e. The van der Waals surface area contributed by atoms with Crippen LogP contribution >= 0.6 is 0 Å². The van der Waals surface area contributed by atoms with Crippen molar-refractivity contribution in [1.82, 2.24) is 14.4 Å². The van der Waals surface area contributed by atoms with Crippen LogP contribution in [0, 0.1) is 6.92 Å². The monoisotopic (exact) mass is 395 g/mol. The number of piperazine rings is 1. The maximum atomic E-state index is 13.0. The molecule has 7 heteroatoms. The normalized spacial score (nSPS) is 17.0. The fourth-order valence-corrected chi connectivity index (χ4v) is 3.98. The SMILES string of the molecule is COc1cc(C(=O)N2CCN(C(=O)c3cc4occc4n3C)C[C@@H]2C)ccc1C. The number of ether oxygens (including phenoxy) is 1. The molecular formula is C22H25N3O4. The van der Waals surface area contributed by atoms with E-state index in [9.17, 15) is 9.59 Å². The Kier molecular flexibility index (Phi) is 4.82. The van der Waals surface area contributed by atoms with Gasteiger partial charge in [-0.2, -0.15) is 0 Å². The molecule has 0 spiro atoms. The summed E-state index contributed by atoms with van der Waals surface area (Å²) >= 11 is 0. The van der Waals surface area contributed by atoms with Gasteiger partial charge in [0.15, 0.2) is 5.58 Å². The van der Waals surface area contributed by atoms with E-state index in [4.69, 9.17) is 9.15 Å². The molecule has 0 bridgehead atoms. The first-order valence-electron chi connectivity index (χ1n) is 9.68. The Bertz CT molecular complexity index is 1080. The lowest BCUT2D eigenvalue weighted by Crippen LogP contribution is -2.55. The lowest BCUT2D eigenvalue weighted by molar-refractivity contribution is 0.0410. The van der Waals surface area contributed by atoms with Crippen molar-refractivity contribution in [3.05, 3.63) is 53.4 Å². The number of benzene rings is 1. The van der Waals surface area contributed by atoms with Crippen molar-refractivity contribution in [3.8, 4) is 5.75 Å². The third-order valence-corrected chi connectivity index (χ3v) is 5.71. The van der Waals surface area contributed by atoms with Gasteiger partial charge in [-0.1, -0.05) is 6.07 Å². The van der Waals surface area contributed by atoms with Gasteiger partial charge >= 0.3 is 0 Å². The molecule has 1 saturated heterocycles. The van der Waals surface area contributed by atoms with Crippen LogP contribution in [0.25, 0.3) is 11.1 Å². The minimum Gasteiger partial charge on any atom is -0.496 e. The average molecular weight is 395 g/mol. The average Bonchev–Trinajstić information content (AvgIpc) is 3.30. The molecule has 3 aromatic rings. The molecule has 1 aliphatic rings. The van der Waals surface area contributed by atoms with Gasteiger partial charge in [0.25, 0.3) is 11.8 Å². The quantitative estimate of drug-likeness (QED) is 0.684. The molecule has 2 amide bonds. The maximum absolute atomic E-state index is 13.0. The number of aryl methyl sites for hydroxylation is 2. The number of fused-ring (bicyclic) bond motifs is 1. The summed E-state index contributed by atoms with van der Waals surface area (Å²) in [7, 11) is 3.46. The van der Waals surface area contributed by atoms with Crippen molar-refractivity contribution in [1.29, 1.82) is 0 Å². The molecule has 7 nitrogen and oxygen atoms in total. The summed E-state index contributed by atoms with van der Waals surface area (Å²) in [5.74, 6) is 0.611. The van der Waals surface area contributed by atoms with Crippen LogP contribution in [0.15, 0.2) is 41.0 Å². The summed E-state index contributed by atoms with van der Waals surface area (Å²) in [5.41, 5.74) is 3.77. The van der Waals surface area contributed by atoms with E-state index in [0.29, 0.717) is 42.2 Å². The molecule has 1 aliphatic heterocycles. The lowest BCUT2D eigenvalue weighted by Gasteiger charge is -2.40. The summed E-state index contributed by atoms with van der Waals surface area (Å²) < 4.78 is 12.6. The van der Waals surface area contributed by atoms with Crippen LogP contribution in [0.1, 0.15) is 33.3 Å². The van der Waals surface area contributed by atoms with Crippen molar-refractivity contribution in [2.75, 3.05) is 26.7 Å². The minimum atomic E-state index is -0.0873. The number of aromatic nitrogens is 1. The van der Waals surface area contributed by atoms with E-state index in [-0.39, 0.29) is 17.9 Å². The first-order chi connectivity index (χ1) is 13.9. The molecule has 0 N–H and O–H groups in total. The fraction of sp³-hybridized carbons (Fsp3) is 0.364. The Labute approximate surface area is 169 Å². The third-order valence-electron chi connectivity index (χ3n) is 5.71. The second-order valence-electron chi connectivity index (χ2n) is 7.54. The van der Waals surface area contributed by atoms with Crippen molar-refractivity contribution in [2.24, 2.45) is 7.05 Å². The van der Waals surface area contributed by atoms with Crippen LogP contribution < -0.4 is 4.74 Å². The number of furan rings is 1. The summed E-state index contributed by atoms with van der Waals surface area (Å²) in [4.78, 5) is 29.7. The second kappa shape index (κ2) is 7.31. The molecule has 3 heterocycles. The standard InChI is InChI=1S/C22H25N3O4/c1-14-5-6-16(11-19(14)28-4)21(26)25-9-8-24(13-15(25)2)22(27)18-12-20-17(23(18)3)7-10-29-20/h5-7,10-12,15H,8-9,13H2,1-4H3/t15-/m0/s1. The highest BCUT2D eigenvalue weighted by Crippen LogP contribution is 2.24. The number of hydrogen-bond donors (Lipinski definition) is 0. The predicted octanol–water partition coefficient (Wildman–Crippen LogP) is 3.08. The van der Waals surface area contributed by atoms with E-state index >= 15 is 0 Å². The molecular weight excluding hydrogens is 370 g/mol. The van der Waals surface area contributed by atoms with E-state index in [0.717, 1.165) is 11.1 Å². The van der Waals surface area contributed by atoms with Crippen molar-refractivity contribution < 1.29 is 18.7 Å². The van der Waals surface area contributed by atoms with E-state index < -0.39 is 0 Å². The van der Waals surface area contributed by atoms with Crippen LogP contribution in [0.3, 0.4) is 0 Å². The van der Waals surface area contributed by atoms with Gasteiger partial charge in [-0.15, -0.1) is 0 Å². The minimum absolute atomic E-state index is 0.0423. The number of methoxy groups -OCH3 is 1. The highest BCUT2D eigenvalue weighted by atomic mass is 16.5. The van der Waals surface area contributed by atoms with Crippen LogP contribution in [0.2, 0.25) is 0 Å². The number of carbonyl (C=O) groups excluding carboxylic acids is 2. The molecule has 1 fully saturated rings. The van der Waals surface area contributed by atoms with Crippen molar-refractivity contribution >= 4 is 22.9 Å². The summed E-state index contributed by atoms with van der Waals surface area (Å²) in [6.07, 6.45) is 1.62. The molecule has 0 radical (unpaired) electrons. The van der Waals surface area contributed by atoms with Crippen molar-refractivity contribution in [2.45, 2.75) is 19.9 Å². The topological polar surface area (TPSA) is 67.9 Å². The second-order valence-corrected chi connectivity index (χ2v) is 7.54. The van der Waals surface area contributed by atoms with E-state index in [1.807, 2.05) is 48.6 Å². The Morgan fingerprint density at radius 1 is 1.14 bits per heavy atom. The Morgan fingerprint density at radius 3 is 2.62 bits per heavy atom. The fourth-order valence-electron chi connectivity index (χ4n) is 3.98. The Morgan fingerprint density at radius 2 is 1.93 bits per heavy atom. The van der Waals surface area contributed by atoms with Gasteiger partial charge in [0.1, 0.15) is 11.4 Å². The first-order valence-corrected chi connectivity index (χ1v) is 9.68. The molecule has 0 unspecified atom stereocenters. The molecule has 1 aromatic carbocycles. The number of nitrogens with zero attached hydrogens (tertiary/aromatic N) is 3. The Hall–Kier alpha value is -3.22. The summed E-state index contributed by atoms with van der Waals surface area (Å²) in [6, 6.07) is 9.03.